The molecule has 0 spiro atoms. The van der Waals surface area contributed by atoms with Crippen molar-refractivity contribution < 1.29 is 9.59 Å². The molecule has 0 bridgehead atoms. The Kier molecular flexibility index (Phi) is 5.80. The number of benzene rings is 1. The number of carbonyl (C=O) groups excluding carboxylic acids is 2. The first kappa shape index (κ1) is 17.9. The van der Waals surface area contributed by atoms with Crippen molar-refractivity contribution in [2.24, 2.45) is 5.73 Å². The van der Waals surface area contributed by atoms with Gasteiger partial charge in [-0.3, -0.25) is 14.5 Å². The Hall–Kier alpha value is -2.93. The lowest BCUT2D eigenvalue weighted by Gasteiger charge is -2.35. The quantitative estimate of drug-likeness (QED) is 0.817. The zero-order valence-corrected chi connectivity index (χ0v) is 14.6. The van der Waals surface area contributed by atoms with E-state index in [0.29, 0.717) is 17.7 Å². The van der Waals surface area contributed by atoms with Gasteiger partial charge in [-0.25, -0.2) is 4.98 Å². The first-order chi connectivity index (χ1) is 12.6. The average Bonchev–Trinajstić information content (AvgIpc) is 2.68. The number of nitrogens with zero attached hydrogens (tertiary/aromatic N) is 3. The molecule has 3 N–H and O–H groups in total. The highest BCUT2D eigenvalue weighted by atomic mass is 16.2. The summed E-state index contributed by atoms with van der Waals surface area (Å²) in [5.41, 5.74) is 6.29. The molecule has 2 aromatic rings. The predicted molar refractivity (Wildman–Crippen MR) is 101 cm³/mol. The molecule has 3 rings (SSSR count). The van der Waals surface area contributed by atoms with E-state index in [0.717, 1.165) is 38.5 Å². The summed E-state index contributed by atoms with van der Waals surface area (Å²) in [6, 6.07) is 12.5. The zero-order chi connectivity index (χ0) is 18.4. The monoisotopic (exact) mass is 353 g/mol. The van der Waals surface area contributed by atoms with Crippen LogP contribution in [-0.2, 0) is 4.79 Å². The zero-order valence-electron chi connectivity index (χ0n) is 14.6. The van der Waals surface area contributed by atoms with Crippen molar-refractivity contribution in [3.8, 4) is 0 Å². The topological polar surface area (TPSA) is 91.6 Å². The Morgan fingerprint density at radius 1 is 1.04 bits per heavy atom. The molecule has 1 saturated heterocycles. The minimum Gasteiger partial charge on any atom is -0.366 e. The van der Waals surface area contributed by atoms with Crippen LogP contribution < -0.4 is 16.0 Å². The second kappa shape index (κ2) is 8.44. The van der Waals surface area contributed by atoms with Gasteiger partial charge in [-0.2, -0.15) is 0 Å². The van der Waals surface area contributed by atoms with Gasteiger partial charge in [0, 0.05) is 56.6 Å². The van der Waals surface area contributed by atoms with Crippen LogP contribution in [-0.4, -0.2) is 54.4 Å². The van der Waals surface area contributed by atoms with Crippen LogP contribution in [0, 0.1) is 0 Å². The molecule has 0 aliphatic carbocycles. The van der Waals surface area contributed by atoms with E-state index in [-0.39, 0.29) is 5.91 Å². The molecule has 1 fully saturated rings. The molecule has 0 radical (unpaired) electrons. The number of piperazine rings is 1. The van der Waals surface area contributed by atoms with Crippen molar-refractivity contribution in [3.05, 3.63) is 54.2 Å². The number of amides is 2. The minimum atomic E-state index is -0.479. The van der Waals surface area contributed by atoms with Gasteiger partial charge in [0.15, 0.2) is 0 Å². The first-order valence-corrected chi connectivity index (χ1v) is 8.70. The number of pyridine rings is 1. The smallest absolute Gasteiger partial charge is 0.248 e. The Morgan fingerprint density at radius 3 is 2.38 bits per heavy atom. The van der Waals surface area contributed by atoms with Gasteiger partial charge in [-0.15, -0.1) is 0 Å². The normalized spacial score (nSPS) is 14.8. The van der Waals surface area contributed by atoms with E-state index in [4.69, 9.17) is 5.73 Å². The van der Waals surface area contributed by atoms with Gasteiger partial charge >= 0.3 is 0 Å². The van der Waals surface area contributed by atoms with Gasteiger partial charge in [0.25, 0.3) is 0 Å². The van der Waals surface area contributed by atoms with Crippen molar-refractivity contribution in [3.63, 3.8) is 0 Å². The fourth-order valence-electron chi connectivity index (χ4n) is 2.94. The van der Waals surface area contributed by atoms with Gasteiger partial charge in [0.2, 0.25) is 11.8 Å². The van der Waals surface area contributed by atoms with E-state index in [2.05, 4.69) is 20.1 Å². The highest BCUT2D eigenvalue weighted by Gasteiger charge is 2.18. The van der Waals surface area contributed by atoms with Crippen LogP contribution in [0.15, 0.2) is 48.7 Å². The summed E-state index contributed by atoms with van der Waals surface area (Å²) in [5.74, 6) is 0.487. The predicted octanol–water partition coefficient (Wildman–Crippen LogP) is 1.33. The summed E-state index contributed by atoms with van der Waals surface area (Å²) < 4.78 is 0. The molecule has 1 aromatic heterocycles. The van der Waals surface area contributed by atoms with E-state index < -0.39 is 5.91 Å². The standard InChI is InChI=1S/C19H23N5O2/c20-19(26)15-4-6-16(7-5-15)22-18(25)8-10-23-11-13-24(14-12-23)17-3-1-2-9-21-17/h1-7,9H,8,10-14H2,(H2,20,26)(H,22,25). The number of anilines is 2. The number of nitrogens with two attached hydrogens (primary N) is 1. The molecule has 0 unspecified atom stereocenters. The molecule has 1 aliphatic rings. The molecule has 0 atom stereocenters. The minimum absolute atomic E-state index is 0.0380. The number of nitrogens with one attached hydrogen (secondary N) is 1. The second-order valence-corrected chi connectivity index (χ2v) is 6.26. The molecule has 1 aromatic carbocycles. The van der Waals surface area contributed by atoms with Crippen LogP contribution in [0.3, 0.4) is 0 Å². The number of carbonyl (C=O) groups is 2. The maximum atomic E-state index is 12.1. The Balaban J connectivity index is 1.40. The van der Waals surface area contributed by atoms with Crippen molar-refractivity contribution in [1.82, 2.24) is 9.88 Å². The fourth-order valence-corrected chi connectivity index (χ4v) is 2.94. The fraction of sp³-hybridized carbons (Fsp3) is 0.316. The first-order valence-electron chi connectivity index (χ1n) is 8.70. The van der Waals surface area contributed by atoms with E-state index in [1.165, 1.54) is 0 Å². The number of aromatic nitrogens is 1. The molecule has 1 aliphatic heterocycles. The highest BCUT2D eigenvalue weighted by molar-refractivity contribution is 5.94. The maximum absolute atomic E-state index is 12.1. The van der Waals surface area contributed by atoms with Gasteiger partial charge in [0.1, 0.15) is 5.82 Å². The van der Waals surface area contributed by atoms with Crippen molar-refractivity contribution in [2.45, 2.75) is 6.42 Å². The Morgan fingerprint density at radius 2 is 1.77 bits per heavy atom. The third kappa shape index (κ3) is 4.80. The van der Waals surface area contributed by atoms with Crippen LogP contribution in [0.5, 0.6) is 0 Å². The van der Waals surface area contributed by atoms with Crippen molar-refractivity contribution in [1.29, 1.82) is 0 Å². The van der Waals surface area contributed by atoms with E-state index in [1.807, 2.05) is 24.4 Å². The molecular weight excluding hydrogens is 330 g/mol. The van der Waals surface area contributed by atoms with Crippen LogP contribution in [0.25, 0.3) is 0 Å². The molecule has 7 nitrogen and oxygen atoms in total. The summed E-state index contributed by atoms with van der Waals surface area (Å²) >= 11 is 0. The summed E-state index contributed by atoms with van der Waals surface area (Å²) in [6.07, 6.45) is 2.24. The highest BCUT2D eigenvalue weighted by Crippen LogP contribution is 2.13. The van der Waals surface area contributed by atoms with Crippen molar-refractivity contribution in [2.75, 3.05) is 42.9 Å². The maximum Gasteiger partial charge on any atom is 0.248 e. The number of rotatable bonds is 6. The lowest BCUT2D eigenvalue weighted by molar-refractivity contribution is -0.116. The molecule has 136 valence electrons. The SMILES string of the molecule is NC(=O)c1ccc(NC(=O)CCN2CCN(c3ccccn3)CC2)cc1. The molecule has 0 saturated carbocycles. The largest absolute Gasteiger partial charge is 0.366 e. The molecule has 2 amide bonds. The van der Waals surface area contributed by atoms with Crippen LogP contribution >= 0.6 is 0 Å². The Bertz CT molecular complexity index is 740. The van der Waals surface area contributed by atoms with Gasteiger partial charge in [-0.1, -0.05) is 6.07 Å². The lowest BCUT2D eigenvalue weighted by atomic mass is 10.2. The molecular formula is C19H23N5O2. The summed E-state index contributed by atoms with van der Waals surface area (Å²) in [7, 11) is 0. The third-order valence-electron chi connectivity index (χ3n) is 4.45. The second-order valence-electron chi connectivity index (χ2n) is 6.26. The average molecular weight is 353 g/mol. The summed E-state index contributed by atoms with van der Waals surface area (Å²) in [5, 5.41) is 2.84. The van der Waals surface area contributed by atoms with E-state index in [1.54, 1.807) is 24.3 Å². The van der Waals surface area contributed by atoms with Crippen molar-refractivity contribution >= 4 is 23.3 Å². The van der Waals surface area contributed by atoms with Crippen LogP contribution in [0.1, 0.15) is 16.8 Å². The number of hydrogen-bond acceptors (Lipinski definition) is 5. The van der Waals surface area contributed by atoms with Gasteiger partial charge in [0.05, 0.1) is 0 Å². The number of hydrogen-bond donors (Lipinski definition) is 2. The van der Waals surface area contributed by atoms with Crippen LogP contribution in [0.4, 0.5) is 11.5 Å². The Labute approximate surface area is 152 Å². The van der Waals surface area contributed by atoms with Crippen LogP contribution in [0.2, 0.25) is 0 Å². The third-order valence-corrected chi connectivity index (χ3v) is 4.45. The number of primary amides is 1. The van der Waals surface area contributed by atoms with Gasteiger partial charge < -0.3 is 16.0 Å². The molecule has 2 heterocycles. The molecule has 7 heteroatoms. The lowest BCUT2D eigenvalue weighted by Crippen LogP contribution is -2.47. The van der Waals surface area contributed by atoms with Gasteiger partial charge in [-0.05, 0) is 36.4 Å². The van der Waals surface area contributed by atoms with E-state index in [9.17, 15) is 9.59 Å². The summed E-state index contributed by atoms with van der Waals surface area (Å²) in [4.78, 5) is 32.1. The summed E-state index contributed by atoms with van der Waals surface area (Å²) in [6.45, 7) is 4.37. The van der Waals surface area contributed by atoms with E-state index >= 15 is 0 Å². The molecule has 26 heavy (non-hydrogen) atoms.